The van der Waals surface area contributed by atoms with E-state index in [9.17, 15) is 9.60 Å². The standard InChI is InChI=1S/C19H24FN6O/c1-13-10-14(20)4-5-15(13)17-16-11-21-12-26(27)18(16)24-19(23-17)22-6-9-25-7-2-3-8-25/h4-5,10,21H,2-3,6-9,11-12H2,1H3,(H,22,23,24)/q-1. The summed E-state index contributed by atoms with van der Waals surface area (Å²) in [5.74, 6) is 0.535. The highest BCUT2D eigenvalue weighted by Crippen LogP contribution is 2.33. The number of benzene rings is 1. The summed E-state index contributed by atoms with van der Waals surface area (Å²) in [6.45, 7) is 6.46. The van der Waals surface area contributed by atoms with Crippen molar-refractivity contribution in [2.75, 3.05) is 43.2 Å². The molecule has 2 N–H and O–H groups in total. The van der Waals surface area contributed by atoms with Crippen LogP contribution >= 0.6 is 0 Å². The molecule has 0 radical (unpaired) electrons. The van der Waals surface area contributed by atoms with Crippen LogP contribution in [0.5, 0.6) is 0 Å². The van der Waals surface area contributed by atoms with Crippen molar-refractivity contribution in [1.82, 2.24) is 20.2 Å². The fourth-order valence-corrected chi connectivity index (χ4v) is 3.73. The third-order valence-corrected chi connectivity index (χ3v) is 5.13. The summed E-state index contributed by atoms with van der Waals surface area (Å²) in [5, 5.41) is 19.5. The molecule has 3 heterocycles. The summed E-state index contributed by atoms with van der Waals surface area (Å²) >= 11 is 0. The number of aryl methyl sites for hydroxylation is 1. The molecule has 0 aliphatic carbocycles. The molecule has 1 fully saturated rings. The maximum Gasteiger partial charge on any atom is 0.225 e. The molecule has 2 aliphatic heterocycles. The molecule has 2 aromatic rings. The van der Waals surface area contributed by atoms with Crippen LogP contribution in [0.1, 0.15) is 24.0 Å². The number of hydrogen-bond acceptors (Lipinski definition) is 7. The Balaban J connectivity index is 1.65. The third-order valence-electron chi connectivity index (χ3n) is 5.13. The zero-order chi connectivity index (χ0) is 18.8. The van der Waals surface area contributed by atoms with E-state index in [1.165, 1.54) is 25.0 Å². The fraction of sp³-hybridized carbons (Fsp3) is 0.474. The molecular formula is C19H24FN6O-. The van der Waals surface area contributed by atoms with Gasteiger partial charge >= 0.3 is 0 Å². The summed E-state index contributed by atoms with van der Waals surface area (Å²) in [6.07, 6.45) is 2.50. The number of hydroxylamine groups is 1. The Bertz CT molecular complexity index is 824. The van der Waals surface area contributed by atoms with Gasteiger partial charge in [0.15, 0.2) is 0 Å². The van der Waals surface area contributed by atoms with Gasteiger partial charge in [-0.05, 0) is 56.6 Å². The largest absolute Gasteiger partial charge is 0.756 e. The Kier molecular flexibility index (Phi) is 5.20. The zero-order valence-electron chi connectivity index (χ0n) is 15.5. The topological polar surface area (TPSA) is 79.4 Å². The van der Waals surface area contributed by atoms with Crippen LogP contribution in [0.4, 0.5) is 16.2 Å². The highest BCUT2D eigenvalue weighted by molar-refractivity contribution is 5.73. The molecular weight excluding hydrogens is 347 g/mol. The second-order valence-electron chi connectivity index (χ2n) is 7.10. The molecule has 0 bridgehead atoms. The number of hydrogen-bond donors (Lipinski definition) is 2. The summed E-state index contributed by atoms with van der Waals surface area (Å²) in [7, 11) is 0. The van der Waals surface area contributed by atoms with Gasteiger partial charge in [0.25, 0.3) is 0 Å². The Morgan fingerprint density at radius 2 is 2.07 bits per heavy atom. The molecule has 144 valence electrons. The van der Waals surface area contributed by atoms with Crippen molar-refractivity contribution >= 4 is 11.8 Å². The molecule has 0 unspecified atom stereocenters. The van der Waals surface area contributed by atoms with Crippen molar-refractivity contribution in [1.29, 1.82) is 0 Å². The highest BCUT2D eigenvalue weighted by atomic mass is 19.1. The number of nitrogens with one attached hydrogen (secondary N) is 2. The van der Waals surface area contributed by atoms with Gasteiger partial charge in [-0.3, -0.25) is 5.32 Å². The number of nitrogens with zero attached hydrogens (tertiary/aromatic N) is 4. The van der Waals surface area contributed by atoms with Gasteiger partial charge < -0.3 is 20.5 Å². The molecule has 1 aromatic carbocycles. The minimum Gasteiger partial charge on any atom is -0.756 e. The zero-order valence-corrected chi connectivity index (χ0v) is 15.5. The van der Waals surface area contributed by atoms with Crippen LogP contribution in [-0.2, 0) is 6.54 Å². The van der Waals surface area contributed by atoms with Crippen molar-refractivity contribution in [2.45, 2.75) is 26.3 Å². The van der Waals surface area contributed by atoms with E-state index >= 15 is 0 Å². The Labute approximate surface area is 158 Å². The predicted octanol–water partition coefficient (Wildman–Crippen LogP) is 2.46. The molecule has 0 saturated carbocycles. The third kappa shape index (κ3) is 3.87. The van der Waals surface area contributed by atoms with Gasteiger partial charge in [-0.2, -0.15) is 4.98 Å². The lowest BCUT2D eigenvalue weighted by Gasteiger charge is -2.36. The van der Waals surface area contributed by atoms with Gasteiger partial charge in [0.2, 0.25) is 5.95 Å². The van der Waals surface area contributed by atoms with Crippen LogP contribution < -0.4 is 15.7 Å². The van der Waals surface area contributed by atoms with E-state index in [1.54, 1.807) is 6.07 Å². The summed E-state index contributed by atoms with van der Waals surface area (Å²) in [5.41, 5.74) is 3.02. The second kappa shape index (κ2) is 7.75. The second-order valence-corrected chi connectivity index (χ2v) is 7.10. The van der Waals surface area contributed by atoms with E-state index < -0.39 is 0 Å². The molecule has 0 atom stereocenters. The van der Waals surface area contributed by atoms with E-state index in [4.69, 9.17) is 0 Å². The van der Waals surface area contributed by atoms with Crippen LogP contribution in [0.2, 0.25) is 0 Å². The average molecular weight is 371 g/mol. The fourth-order valence-electron chi connectivity index (χ4n) is 3.73. The van der Waals surface area contributed by atoms with Crippen LogP contribution in [0.3, 0.4) is 0 Å². The van der Waals surface area contributed by atoms with Crippen LogP contribution in [0.15, 0.2) is 18.2 Å². The number of rotatable bonds is 5. The van der Waals surface area contributed by atoms with Gasteiger partial charge in [0, 0.05) is 30.8 Å². The molecule has 27 heavy (non-hydrogen) atoms. The van der Waals surface area contributed by atoms with Gasteiger partial charge in [-0.1, -0.05) is 0 Å². The molecule has 7 nitrogen and oxygen atoms in total. The Morgan fingerprint density at radius 1 is 1.26 bits per heavy atom. The molecule has 0 spiro atoms. The van der Waals surface area contributed by atoms with E-state index in [1.807, 2.05) is 6.92 Å². The predicted molar refractivity (Wildman–Crippen MR) is 104 cm³/mol. The first-order valence-electron chi connectivity index (χ1n) is 9.41. The number of fused-ring (bicyclic) bond motifs is 1. The van der Waals surface area contributed by atoms with Crippen molar-refractivity contribution in [3.63, 3.8) is 0 Å². The number of aromatic nitrogens is 2. The van der Waals surface area contributed by atoms with E-state index in [-0.39, 0.29) is 12.5 Å². The minimum atomic E-state index is -0.285. The lowest BCUT2D eigenvalue weighted by molar-refractivity contribution is 0.352. The van der Waals surface area contributed by atoms with Crippen LogP contribution in [0, 0.1) is 17.9 Å². The van der Waals surface area contributed by atoms with Crippen molar-refractivity contribution < 1.29 is 4.39 Å². The lowest BCUT2D eigenvalue weighted by atomic mass is 10.0. The average Bonchev–Trinajstić information content (AvgIpc) is 3.16. The quantitative estimate of drug-likeness (QED) is 0.836. The minimum absolute atomic E-state index is 0.194. The van der Waals surface area contributed by atoms with Gasteiger partial charge in [-0.15, -0.1) is 0 Å². The van der Waals surface area contributed by atoms with Crippen LogP contribution in [0.25, 0.3) is 11.3 Å². The Morgan fingerprint density at radius 3 is 2.85 bits per heavy atom. The SMILES string of the molecule is Cc1cc(F)ccc1-c1nc(NCCN2CCCC2)nc2c1CNCN2[O-]. The lowest BCUT2D eigenvalue weighted by Crippen LogP contribution is -2.36. The van der Waals surface area contributed by atoms with E-state index in [2.05, 4.69) is 25.5 Å². The van der Waals surface area contributed by atoms with E-state index in [0.29, 0.717) is 24.0 Å². The maximum absolute atomic E-state index is 13.5. The van der Waals surface area contributed by atoms with Gasteiger partial charge in [0.1, 0.15) is 11.6 Å². The molecule has 2 aliphatic rings. The number of likely N-dealkylation sites (tertiary alicyclic amines) is 1. The molecule has 1 saturated heterocycles. The molecule has 0 amide bonds. The maximum atomic E-state index is 13.5. The van der Waals surface area contributed by atoms with E-state index in [0.717, 1.165) is 47.9 Å². The smallest absolute Gasteiger partial charge is 0.225 e. The summed E-state index contributed by atoms with van der Waals surface area (Å²) < 4.78 is 13.5. The first-order chi connectivity index (χ1) is 13.1. The van der Waals surface area contributed by atoms with Crippen molar-refractivity contribution in [3.05, 3.63) is 40.4 Å². The monoisotopic (exact) mass is 371 g/mol. The van der Waals surface area contributed by atoms with Crippen molar-refractivity contribution in [2.24, 2.45) is 0 Å². The first-order valence-corrected chi connectivity index (χ1v) is 9.41. The summed E-state index contributed by atoms with van der Waals surface area (Å²) in [6, 6.07) is 4.61. The van der Waals surface area contributed by atoms with Crippen molar-refractivity contribution in [3.8, 4) is 11.3 Å². The normalized spacial score (nSPS) is 17.2. The van der Waals surface area contributed by atoms with Gasteiger partial charge in [0.05, 0.1) is 12.4 Å². The van der Waals surface area contributed by atoms with Gasteiger partial charge in [-0.25, -0.2) is 9.37 Å². The number of halogens is 1. The number of anilines is 2. The molecule has 4 rings (SSSR count). The Hall–Kier alpha value is -2.29. The highest BCUT2D eigenvalue weighted by Gasteiger charge is 2.21. The molecule has 8 heteroatoms. The van der Waals surface area contributed by atoms with Crippen LogP contribution in [-0.4, -0.2) is 47.7 Å². The first kappa shape index (κ1) is 18.1. The molecule has 1 aromatic heterocycles. The summed E-state index contributed by atoms with van der Waals surface area (Å²) in [4.78, 5) is 11.5.